The molecule has 0 aromatic heterocycles. The number of ether oxygens (including phenoxy) is 2. The van der Waals surface area contributed by atoms with Crippen molar-refractivity contribution in [2.75, 3.05) is 6.61 Å². The fraction of sp³-hybridized carbons (Fsp3) is 0.636. The summed E-state index contributed by atoms with van der Waals surface area (Å²) in [5.41, 5.74) is -0.0923. The van der Waals surface area contributed by atoms with Crippen LogP contribution in [-0.2, 0) is 19.1 Å². The van der Waals surface area contributed by atoms with Crippen LogP contribution >= 0.6 is 0 Å². The summed E-state index contributed by atoms with van der Waals surface area (Å²) >= 11 is 0. The molecule has 1 fully saturated rings. The zero-order valence-electron chi connectivity index (χ0n) is 17.2. The number of halogens is 3. The highest BCUT2D eigenvalue weighted by atomic mass is 19.2. The van der Waals surface area contributed by atoms with Crippen LogP contribution in [0.4, 0.5) is 13.2 Å². The molecule has 4 nitrogen and oxygen atoms in total. The first kappa shape index (κ1) is 23.2. The van der Waals surface area contributed by atoms with Gasteiger partial charge >= 0.3 is 11.9 Å². The van der Waals surface area contributed by atoms with Crippen molar-refractivity contribution in [2.45, 2.75) is 65.4 Å². The number of rotatable bonds is 8. The SMILES string of the molecule is CCCC1CCC(C(C(=O)OCC)C(OC(C)=O)c2cc(F)c(F)c(F)c2)CC1. The largest absolute Gasteiger partial charge is 0.466 e. The molecule has 2 unspecified atom stereocenters. The molecule has 0 bridgehead atoms. The third-order valence-electron chi connectivity index (χ3n) is 5.61. The topological polar surface area (TPSA) is 52.6 Å². The smallest absolute Gasteiger partial charge is 0.313 e. The maximum atomic E-state index is 13.9. The second-order valence-corrected chi connectivity index (χ2v) is 7.68. The van der Waals surface area contributed by atoms with Gasteiger partial charge in [-0.25, -0.2) is 13.2 Å². The highest BCUT2D eigenvalue weighted by Crippen LogP contribution is 2.42. The first-order valence-corrected chi connectivity index (χ1v) is 10.3. The third kappa shape index (κ3) is 5.97. The van der Waals surface area contributed by atoms with Crippen molar-refractivity contribution in [3.63, 3.8) is 0 Å². The summed E-state index contributed by atoms with van der Waals surface area (Å²) in [6, 6.07) is 1.56. The van der Waals surface area contributed by atoms with E-state index < -0.39 is 41.4 Å². The lowest BCUT2D eigenvalue weighted by atomic mass is 9.72. The van der Waals surface area contributed by atoms with E-state index >= 15 is 0 Å². The second-order valence-electron chi connectivity index (χ2n) is 7.68. The van der Waals surface area contributed by atoms with Gasteiger partial charge in [0, 0.05) is 6.92 Å². The summed E-state index contributed by atoms with van der Waals surface area (Å²) < 4.78 is 51.7. The molecule has 0 N–H and O–H groups in total. The molecular weight excluding hydrogens is 385 g/mol. The minimum Gasteiger partial charge on any atom is -0.466 e. The van der Waals surface area contributed by atoms with E-state index in [4.69, 9.17) is 9.47 Å². The molecule has 2 rings (SSSR count). The van der Waals surface area contributed by atoms with Gasteiger partial charge in [-0.2, -0.15) is 0 Å². The number of carbonyl (C=O) groups is 2. The van der Waals surface area contributed by atoms with Crippen LogP contribution in [0, 0.1) is 35.2 Å². The van der Waals surface area contributed by atoms with Gasteiger partial charge in [-0.15, -0.1) is 0 Å². The molecule has 1 aliphatic rings. The number of esters is 2. The Bertz CT molecular complexity index is 691. The van der Waals surface area contributed by atoms with Crippen LogP contribution in [0.15, 0.2) is 12.1 Å². The van der Waals surface area contributed by atoms with Crippen LogP contribution in [0.1, 0.15) is 71.0 Å². The third-order valence-corrected chi connectivity index (χ3v) is 5.61. The van der Waals surface area contributed by atoms with Crippen molar-refractivity contribution in [3.8, 4) is 0 Å². The number of hydrogen-bond donors (Lipinski definition) is 0. The first-order chi connectivity index (χ1) is 13.8. The molecule has 29 heavy (non-hydrogen) atoms. The summed E-state index contributed by atoms with van der Waals surface area (Å²) in [5.74, 6) is -6.18. The highest BCUT2D eigenvalue weighted by molar-refractivity contribution is 5.75. The van der Waals surface area contributed by atoms with Crippen LogP contribution in [0.25, 0.3) is 0 Å². The quantitative estimate of drug-likeness (QED) is 0.417. The number of benzene rings is 1. The Morgan fingerprint density at radius 2 is 1.66 bits per heavy atom. The van der Waals surface area contributed by atoms with E-state index in [0.29, 0.717) is 5.92 Å². The van der Waals surface area contributed by atoms with E-state index in [1.807, 2.05) is 0 Å². The van der Waals surface area contributed by atoms with Crippen molar-refractivity contribution in [1.29, 1.82) is 0 Å². The second kappa shape index (κ2) is 10.6. The average molecular weight is 414 g/mol. The van der Waals surface area contributed by atoms with Crippen LogP contribution in [-0.4, -0.2) is 18.5 Å². The Morgan fingerprint density at radius 1 is 1.07 bits per heavy atom. The van der Waals surface area contributed by atoms with Gasteiger partial charge in [-0.1, -0.05) is 32.6 Å². The van der Waals surface area contributed by atoms with E-state index in [0.717, 1.165) is 57.6 Å². The van der Waals surface area contributed by atoms with Gasteiger partial charge in [0.1, 0.15) is 12.0 Å². The Balaban J connectivity index is 2.40. The monoisotopic (exact) mass is 414 g/mol. The Labute approximate surface area is 169 Å². The Hall–Kier alpha value is -2.05. The normalized spacial score (nSPS) is 21.3. The minimum absolute atomic E-state index is 0.0923. The summed E-state index contributed by atoms with van der Waals surface area (Å²) in [5, 5.41) is 0. The molecule has 0 aliphatic heterocycles. The van der Waals surface area contributed by atoms with Gasteiger partial charge in [0.15, 0.2) is 17.5 Å². The van der Waals surface area contributed by atoms with Crippen molar-refractivity contribution in [3.05, 3.63) is 35.1 Å². The molecule has 2 atom stereocenters. The lowest BCUT2D eigenvalue weighted by molar-refractivity contribution is -0.165. The molecule has 0 saturated heterocycles. The van der Waals surface area contributed by atoms with Gasteiger partial charge in [-0.3, -0.25) is 9.59 Å². The van der Waals surface area contributed by atoms with Gasteiger partial charge in [0.25, 0.3) is 0 Å². The lowest BCUT2D eigenvalue weighted by Crippen LogP contribution is -2.36. The lowest BCUT2D eigenvalue weighted by Gasteiger charge is -2.36. The first-order valence-electron chi connectivity index (χ1n) is 10.3. The van der Waals surface area contributed by atoms with Crippen LogP contribution in [0.5, 0.6) is 0 Å². The molecule has 1 aromatic rings. The van der Waals surface area contributed by atoms with Crippen molar-refractivity contribution < 1.29 is 32.2 Å². The number of hydrogen-bond acceptors (Lipinski definition) is 4. The van der Waals surface area contributed by atoms with Crippen LogP contribution < -0.4 is 0 Å². The van der Waals surface area contributed by atoms with Gasteiger partial charge in [0.05, 0.1) is 6.61 Å². The molecule has 0 spiro atoms. The summed E-state index contributed by atoms with van der Waals surface area (Å²) in [6.45, 7) is 5.07. The maximum Gasteiger partial charge on any atom is 0.313 e. The zero-order chi connectivity index (χ0) is 21.6. The number of carbonyl (C=O) groups excluding carboxylic acids is 2. The van der Waals surface area contributed by atoms with Gasteiger partial charge in [-0.05, 0) is 49.3 Å². The maximum absolute atomic E-state index is 13.9. The molecule has 0 heterocycles. The molecule has 162 valence electrons. The molecular formula is C22H29F3O4. The molecule has 0 radical (unpaired) electrons. The fourth-order valence-electron chi connectivity index (χ4n) is 4.31. The highest BCUT2D eigenvalue weighted by Gasteiger charge is 2.41. The van der Waals surface area contributed by atoms with Crippen molar-refractivity contribution in [1.82, 2.24) is 0 Å². The standard InChI is InChI=1S/C22H29F3O4/c1-4-6-14-7-9-15(10-8-14)19(22(27)28-5-2)21(29-13(3)26)16-11-17(23)20(25)18(24)12-16/h11-12,14-15,19,21H,4-10H2,1-3H3. The van der Waals surface area contributed by atoms with Crippen LogP contribution in [0.2, 0.25) is 0 Å². The van der Waals surface area contributed by atoms with E-state index in [-0.39, 0.29) is 18.1 Å². The Kier molecular flexibility index (Phi) is 8.53. The van der Waals surface area contributed by atoms with Gasteiger partial charge < -0.3 is 9.47 Å². The molecule has 1 aromatic carbocycles. The van der Waals surface area contributed by atoms with Crippen molar-refractivity contribution in [2.24, 2.45) is 17.8 Å². The summed E-state index contributed by atoms with van der Waals surface area (Å²) in [7, 11) is 0. The van der Waals surface area contributed by atoms with E-state index in [1.54, 1.807) is 6.92 Å². The average Bonchev–Trinajstić information content (AvgIpc) is 2.66. The molecule has 7 heteroatoms. The molecule has 1 saturated carbocycles. The summed E-state index contributed by atoms with van der Waals surface area (Å²) in [6.07, 6.45) is 4.24. The van der Waals surface area contributed by atoms with Crippen LogP contribution in [0.3, 0.4) is 0 Å². The molecule has 0 amide bonds. The fourth-order valence-corrected chi connectivity index (χ4v) is 4.31. The predicted molar refractivity (Wildman–Crippen MR) is 101 cm³/mol. The predicted octanol–water partition coefficient (Wildman–Crippen LogP) is 5.49. The van der Waals surface area contributed by atoms with E-state index in [9.17, 15) is 22.8 Å². The van der Waals surface area contributed by atoms with Crippen molar-refractivity contribution >= 4 is 11.9 Å². The van der Waals surface area contributed by atoms with Gasteiger partial charge in [0.2, 0.25) is 0 Å². The minimum atomic E-state index is -1.61. The summed E-state index contributed by atoms with van der Waals surface area (Å²) in [4.78, 5) is 24.5. The van der Waals surface area contributed by atoms with E-state index in [2.05, 4.69) is 6.92 Å². The molecule has 1 aliphatic carbocycles. The Morgan fingerprint density at radius 3 is 2.14 bits per heavy atom. The zero-order valence-corrected chi connectivity index (χ0v) is 17.2. The van der Waals surface area contributed by atoms with E-state index in [1.165, 1.54) is 0 Å².